The molecule has 2 rings (SSSR count). The van der Waals surface area contributed by atoms with Crippen molar-refractivity contribution < 1.29 is 9.13 Å². The molecule has 25 heavy (non-hydrogen) atoms. The van der Waals surface area contributed by atoms with Gasteiger partial charge in [0.2, 0.25) is 5.88 Å². The molecule has 1 aromatic heterocycles. The Morgan fingerprint density at radius 3 is 2.72 bits per heavy atom. The van der Waals surface area contributed by atoms with Gasteiger partial charge in [-0.25, -0.2) is 14.4 Å². The standard InChI is InChI=1S/C18H23FN4O.HI/c1-4-20-18(21-11-14-9-8-13(2)16(19)10-14)22-12-15-6-5-7-17(23-15)24-3;/h5-10H,4,11-12H2,1-3H3,(H2,20,21,22);1H. The second kappa shape index (κ2) is 10.9. The number of aliphatic imine (C=N–C) groups is 1. The summed E-state index contributed by atoms with van der Waals surface area (Å²) in [7, 11) is 1.59. The minimum Gasteiger partial charge on any atom is -0.481 e. The van der Waals surface area contributed by atoms with Crippen LogP contribution in [0.1, 0.15) is 23.7 Å². The molecular weight excluding hydrogens is 434 g/mol. The lowest BCUT2D eigenvalue weighted by Crippen LogP contribution is -2.37. The number of hydrogen-bond donors (Lipinski definition) is 2. The number of hydrogen-bond acceptors (Lipinski definition) is 3. The lowest BCUT2D eigenvalue weighted by Gasteiger charge is -2.11. The van der Waals surface area contributed by atoms with Crippen LogP contribution >= 0.6 is 24.0 Å². The van der Waals surface area contributed by atoms with Crippen LogP contribution in [0.4, 0.5) is 4.39 Å². The molecule has 0 fully saturated rings. The quantitative estimate of drug-likeness (QED) is 0.396. The molecule has 7 heteroatoms. The number of benzene rings is 1. The van der Waals surface area contributed by atoms with Crippen molar-refractivity contribution in [3.63, 3.8) is 0 Å². The maximum atomic E-state index is 13.6. The van der Waals surface area contributed by atoms with Gasteiger partial charge in [0.25, 0.3) is 0 Å². The Bertz CT molecular complexity index is 709. The summed E-state index contributed by atoms with van der Waals surface area (Å²) in [5, 5.41) is 6.38. The topological polar surface area (TPSA) is 58.5 Å². The van der Waals surface area contributed by atoms with Crippen LogP contribution in [-0.4, -0.2) is 24.6 Å². The van der Waals surface area contributed by atoms with E-state index >= 15 is 0 Å². The number of pyridine rings is 1. The maximum Gasteiger partial charge on any atom is 0.213 e. The van der Waals surface area contributed by atoms with Gasteiger partial charge in [-0.2, -0.15) is 0 Å². The summed E-state index contributed by atoms with van der Waals surface area (Å²) in [6, 6.07) is 10.8. The fourth-order valence-corrected chi connectivity index (χ4v) is 2.09. The summed E-state index contributed by atoms with van der Waals surface area (Å²) >= 11 is 0. The Morgan fingerprint density at radius 2 is 2.04 bits per heavy atom. The average Bonchev–Trinajstić information content (AvgIpc) is 2.60. The van der Waals surface area contributed by atoms with Gasteiger partial charge >= 0.3 is 0 Å². The summed E-state index contributed by atoms with van der Waals surface area (Å²) < 4.78 is 18.7. The predicted molar refractivity (Wildman–Crippen MR) is 109 cm³/mol. The molecule has 0 aliphatic heterocycles. The highest BCUT2D eigenvalue weighted by molar-refractivity contribution is 14.0. The minimum atomic E-state index is -0.207. The molecule has 0 saturated carbocycles. The van der Waals surface area contributed by atoms with Crippen LogP contribution in [0, 0.1) is 12.7 Å². The molecule has 0 spiro atoms. The number of nitrogens with one attached hydrogen (secondary N) is 2. The second-order valence-corrected chi connectivity index (χ2v) is 5.30. The SMILES string of the molecule is CCNC(=NCc1ccc(C)c(F)c1)NCc1cccc(OC)n1.I. The summed E-state index contributed by atoms with van der Waals surface area (Å²) in [6.07, 6.45) is 0. The molecule has 0 aliphatic rings. The molecule has 5 nitrogen and oxygen atoms in total. The number of rotatable bonds is 6. The zero-order chi connectivity index (χ0) is 17.4. The van der Waals surface area contributed by atoms with Crippen molar-refractivity contribution in [2.75, 3.05) is 13.7 Å². The van der Waals surface area contributed by atoms with Gasteiger partial charge in [-0.15, -0.1) is 24.0 Å². The number of halogens is 2. The van der Waals surface area contributed by atoms with Crippen LogP contribution < -0.4 is 15.4 Å². The Hall–Kier alpha value is -1.90. The van der Waals surface area contributed by atoms with Gasteiger partial charge in [0.05, 0.1) is 25.9 Å². The van der Waals surface area contributed by atoms with E-state index < -0.39 is 0 Å². The van der Waals surface area contributed by atoms with Crippen molar-refractivity contribution >= 4 is 29.9 Å². The van der Waals surface area contributed by atoms with Gasteiger partial charge < -0.3 is 15.4 Å². The molecule has 0 unspecified atom stereocenters. The first-order chi connectivity index (χ1) is 11.6. The van der Waals surface area contributed by atoms with Crippen LogP contribution in [0.15, 0.2) is 41.4 Å². The van der Waals surface area contributed by atoms with Crippen LogP contribution in [0.2, 0.25) is 0 Å². The third-order valence-corrected chi connectivity index (χ3v) is 3.43. The lowest BCUT2D eigenvalue weighted by atomic mass is 10.1. The fourth-order valence-electron chi connectivity index (χ4n) is 2.09. The van der Waals surface area contributed by atoms with Crippen LogP contribution in [0.3, 0.4) is 0 Å². The summed E-state index contributed by atoms with van der Waals surface area (Å²) in [5.74, 6) is 1.02. The molecule has 0 amide bonds. The van der Waals surface area contributed by atoms with Gasteiger partial charge in [-0.05, 0) is 37.1 Å². The van der Waals surface area contributed by atoms with Gasteiger partial charge in [0, 0.05) is 12.6 Å². The van der Waals surface area contributed by atoms with Crippen LogP contribution in [0.25, 0.3) is 0 Å². The largest absolute Gasteiger partial charge is 0.481 e. The van der Waals surface area contributed by atoms with Crippen molar-refractivity contribution in [1.29, 1.82) is 0 Å². The molecule has 0 aliphatic carbocycles. The average molecular weight is 458 g/mol. The van der Waals surface area contributed by atoms with E-state index in [1.807, 2.05) is 25.1 Å². The number of methoxy groups -OCH3 is 1. The Kier molecular flexibility index (Phi) is 9.18. The second-order valence-electron chi connectivity index (χ2n) is 5.30. The van der Waals surface area contributed by atoms with Gasteiger partial charge in [-0.3, -0.25) is 0 Å². The molecular formula is C18H24FIN4O. The number of aryl methyl sites for hydroxylation is 1. The highest BCUT2D eigenvalue weighted by Crippen LogP contribution is 2.10. The van der Waals surface area contributed by atoms with Crippen molar-refractivity contribution in [3.8, 4) is 5.88 Å². The predicted octanol–water partition coefficient (Wildman–Crippen LogP) is 3.41. The molecule has 2 N–H and O–H groups in total. The smallest absolute Gasteiger partial charge is 0.213 e. The molecule has 0 radical (unpaired) electrons. The van der Waals surface area contributed by atoms with Crippen LogP contribution in [0.5, 0.6) is 5.88 Å². The summed E-state index contributed by atoms with van der Waals surface area (Å²) in [4.78, 5) is 8.83. The van der Waals surface area contributed by atoms with E-state index in [4.69, 9.17) is 4.74 Å². The first kappa shape index (κ1) is 21.1. The molecule has 0 saturated heterocycles. The van der Waals surface area contributed by atoms with E-state index in [-0.39, 0.29) is 29.8 Å². The third kappa shape index (κ3) is 6.85. The Labute approximate surface area is 165 Å². The van der Waals surface area contributed by atoms with Gasteiger partial charge in [0.1, 0.15) is 5.82 Å². The van der Waals surface area contributed by atoms with Crippen LogP contribution in [-0.2, 0) is 13.1 Å². The number of aromatic nitrogens is 1. The van der Waals surface area contributed by atoms with Crippen molar-refractivity contribution in [2.24, 2.45) is 4.99 Å². The number of guanidine groups is 1. The molecule has 2 aromatic rings. The van der Waals surface area contributed by atoms with E-state index in [9.17, 15) is 4.39 Å². The highest BCUT2D eigenvalue weighted by Gasteiger charge is 2.02. The minimum absolute atomic E-state index is 0. The van der Waals surface area contributed by atoms with Gasteiger partial charge in [0.15, 0.2) is 5.96 Å². The normalized spacial score (nSPS) is 10.8. The van der Waals surface area contributed by atoms with E-state index in [1.54, 1.807) is 26.2 Å². The monoisotopic (exact) mass is 458 g/mol. The highest BCUT2D eigenvalue weighted by atomic mass is 127. The zero-order valence-corrected chi connectivity index (χ0v) is 17.0. The van der Waals surface area contributed by atoms with Crippen molar-refractivity contribution in [2.45, 2.75) is 26.9 Å². The number of ether oxygens (including phenoxy) is 1. The first-order valence-corrected chi connectivity index (χ1v) is 7.89. The van der Waals surface area contributed by atoms with E-state index in [2.05, 4.69) is 20.6 Å². The summed E-state index contributed by atoms with van der Waals surface area (Å²) in [5.41, 5.74) is 2.31. The Morgan fingerprint density at radius 1 is 1.24 bits per heavy atom. The first-order valence-electron chi connectivity index (χ1n) is 7.89. The van der Waals surface area contributed by atoms with E-state index in [0.717, 1.165) is 17.8 Å². The fraction of sp³-hybridized carbons (Fsp3) is 0.333. The van der Waals surface area contributed by atoms with Crippen molar-refractivity contribution in [3.05, 3.63) is 59.0 Å². The zero-order valence-electron chi connectivity index (χ0n) is 14.7. The maximum absolute atomic E-state index is 13.6. The van der Waals surface area contributed by atoms with E-state index in [0.29, 0.717) is 30.5 Å². The molecule has 136 valence electrons. The molecule has 1 aromatic carbocycles. The molecule has 1 heterocycles. The van der Waals surface area contributed by atoms with Crippen molar-refractivity contribution in [1.82, 2.24) is 15.6 Å². The van der Waals surface area contributed by atoms with Gasteiger partial charge in [-0.1, -0.05) is 18.2 Å². The molecule has 0 bridgehead atoms. The lowest BCUT2D eigenvalue weighted by molar-refractivity contribution is 0.396. The summed E-state index contributed by atoms with van der Waals surface area (Å²) in [6.45, 7) is 5.39. The molecule has 0 atom stereocenters. The van der Waals surface area contributed by atoms with E-state index in [1.165, 1.54) is 6.07 Å². The Balaban J connectivity index is 0.00000312. The third-order valence-electron chi connectivity index (χ3n) is 3.43. The number of nitrogens with zero attached hydrogens (tertiary/aromatic N) is 2.